The van der Waals surface area contributed by atoms with E-state index in [-0.39, 0.29) is 5.56 Å². The van der Waals surface area contributed by atoms with Crippen LogP contribution in [0, 0.1) is 0 Å². The lowest BCUT2D eigenvalue weighted by molar-refractivity contribution is 0.0697. The Morgan fingerprint density at radius 3 is 2.30 bits per heavy atom. The van der Waals surface area contributed by atoms with Crippen LogP contribution in [0.4, 0.5) is 0 Å². The third-order valence-corrected chi connectivity index (χ3v) is 4.46. The highest BCUT2D eigenvalue weighted by molar-refractivity contribution is 5.89. The molecule has 0 bridgehead atoms. The summed E-state index contributed by atoms with van der Waals surface area (Å²) in [5.74, 6) is -0.243. The molecule has 4 rings (SSSR count). The molecule has 2 aromatic heterocycles. The van der Waals surface area contributed by atoms with Gasteiger partial charge in [0.15, 0.2) is 0 Å². The highest BCUT2D eigenvalue weighted by Gasteiger charge is 2.19. The predicted octanol–water partition coefficient (Wildman–Crippen LogP) is 4.51. The molecule has 0 radical (unpaired) electrons. The van der Waals surface area contributed by atoms with Crippen LogP contribution in [0.25, 0.3) is 33.9 Å². The minimum absolute atomic E-state index is 0.238. The quantitative estimate of drug-likeness (QED) is 0.585. The zero-order chi connectivity index (χ0) is 18.8. The molecular formula is C22H17N3O2. The highest BCUT2D eigenvalue weighted by Crippen LogP contribution is 2.35. The molecule has 27 heavy (non-hydrogen) atoms. The molecule has 4 aromatic rings. The number of pyridine rings is 1. The lowest BCUT2D eigenvalue weighted by atomic mass is 10.1. The first kappa shape index (κ1) is 16.7. The van der Waals surface area contributed by atoms with Crippen LogP contribution in [0.2, 0.25) is 0 Å². The molecule has 0 unspecified atom stereocenters. The summed E-state index contributed by atoms with van der Waals surface area (Å²) in [6.07, 6.45) is 3.50. The molecule has 0 saturated carbocycles. The average Bonchev–Trinajstić information content (AvgIpc) is 3.06. The Bertz CT molecular complexity index is 1100. The van der Waals surface area contributed by atoms with Crippen molar-refractivity contribution in [3.63, 3.8) is 0 Å². The number of carboxylic acid groups (broad SMARTS) is 1. The van der Waals surface area contributed by atoms with Gasteiger partial charge in [0, 0.05) is 36.1 Å². The summed E-state index contributed by atoms with van der Waals surface area (Å²) >= 11 is 0. The molecule has 2 aromatic carbocycles. The Labute approximate surface area is 156 Å². The Balaban J connectivity index is 1.96. The van der Waals surface area contributed by atoms with Gasteiger partial charge in [0.2, 0.25) is 0 Å². The molecule has 0 aliphatic carbocycles. The third-order valence-electron chi connectivity index (χ3n) is 4.46. The van der Waals surface area contributed by atoms with Gasteiger partial charge in [-0.3, -0.25) is 4.98 Å². The molecule has 132 valence electrons. The molecule has 5 nitrogen and oxygen atoms in total. The minimum Gasteiger partial charge on any atom is -0.478 e. The summed E-state index contributed by atoms with van der Waals surface area (Å²) in [6, 6.07) is 20.7. The van der Waals surface area contributed by atoms with Gasteiger partial charge < -0.3 is 9.67 Å². The standard InChI is InChI=1S/C22H17N3O2/c1-25-20(16-10-12-23-13-11-16)19(15-6-3-2-4-7-15)24-21(25)17-8-5-9-18(14-17)22(26)27/h2-14H,1H3,(H,26,27). The van der Waals surface area contributed by atoms with Gasteiger partial charge in [-0.05, 0) is 24.3 Å². The molecule has 0 aliphatic heterocycles. The SMILES string of the molecule is Cn1c(-c2cccc(C(=O)O)c2)nc(-c2ccccc2)c1-c1ccncc1. The van der Waals surface area contributed by atoms with Crippen molar-refractivity contribution in [2.75, 3.05) is 0 Å². The first-order chi connectivity index (χ1) is 13.1. The van der Waals surface area contributed by atoms with Gasteiger partial charge in [-0.2, -0.15) is 0 Å². The van der Waals surface area contributed by atoms with E-state index in [2.05, 4.69) is 4.98 Å². The second-order valence-corrected chi connectivity index (χ2v) is 6.18. The lowest BCUT2D eigenvalue weighted by Crippen LogP contribution is -1.99. The van der Waals surface area contributed by atoms with E-state index in [1.807, 2.05) is 60.1 Å². The zero-order valence-corrected chi connectivity index (χ0v) is 14.7. The highest BCUT2D eigenvalue weighted by atomic mass is 16.4. The van der Waals surface area contributed by atoms with Crippen LogP contribution >= 0.6 is 0 Å². The Kier molecular flexibility index (Phi) is 4.26. The predicted molar refractivity (Wildman–Crippen MR) is 104 cm³/mol. The van der Waals surface area contributed by atoms with Crippen molar-refractivity contribution >= 4 is 5.97 Å². The van der Waals surface area contributed by atoms with E-state index in [0.717, 1.165) is 28.1 Å². The van der Waals surface area contributed by atoms with Crippen molar-refractivity contribution in [3.8, 4) is 33.9 Å². The van der Waals surface area contributed by atoms with E-state index in [4.69, 9.17) is 4.98 Å². The maximum atomic E-state index is 11.4. The second-order valence-electron chi connectivity index (χ2n) is 6.18. The van der Waals surface area contributed by atoms with Crippen LogP contribution in [0.3, 0.4) is 0 Å². The lowest BCUT2D eigenvalue weighted by Gasteiger charge is -2.08. The monoisotopic (exact) mass is 355 g/mol. The zero-order valence-electron chi connectivity index (χ0n) is 14.7. The minimum atomic E-state index is -0.955. The smallest absolute Gasteiger partial charge is 0.335 e. The molecule has 0 saturated heterocycles. The van der Waals surface area contributed by atoms with Crippen LogP contribution in [0.5, 0.6) is 0 Å². The van der Waals surface area contributed by atoms with Gasteiger partial charge in [0.25, 0.3) is 0 Å². The molecule has 0 atom stereocenters. The van der Waals surface area contributed by atoms with Crippen LogP contribution in [0.15, 0.2) is 79.1 Å². The van der Waals surface area contributed by atoms with E-state index in [1.54, 1.807) is 30.6 Å². The van der Waals surface area contributed by atoms with Crippen molar-refractivity contribution in [1.29, 1.82) is 0 Å². The van der Waals surface area contributed by atoms with Gasteiger partial charge in [-0.15, -0.1) is 0 Å². The number of carbonyl (C=O) groups is 1. The van der Waals surface area contributed by atoms with Gasteiger partial charge >= 0.3 is 5.97 Å². The van der Waals surface area contributed by atoms with Crippen molar-refractivity contribution < 1.29 is 9.90 Å². The Morgan fingerprint density at radius 1 is 0.889 bits per heavy atom. The Hall–Kier alpha value is -3.73. The topological polar surface area (TPSA) is 68.0 Å². The molecule has 0 aliphatic rings. The van der Waals surface area contributed by atoms with E-state index in [1.165, 1.54) is 0 Å². The number of carboxylic acids is 1. The maximum Gasteiger partial charge on any atom is 0.335 e. The second kappa shape index (κ2) is 6.88. The van der Waals surface area contributed by atoms with Gasteiger partial charge in [-0.1, -0.05) is 42.5 Å². The van der Waals surface area contributed by atoms with Crippen LogP contribution < -0.4 is 0 Å². The average molecular weight is 355 g/mol. The van der Waals surface area contributed by atoms with Gasteiger partial charge in [-0.25, -0.2) is 9.78 Å². The molecule has 2 heterocycles. The van der Waals surface area contributed by atoms with Crippen molar-refractivity contribution in [2.24, 2.45) is 7.05 Å². The summed E-state index contributed by atoms with van der Waals surface area (Å²) < 4.78 is 2.00. The Morgan fingerprint density at radius 2 is 1.59 bits per heavy atom. The fourth-order valence-electron chi connectivity index (χ4n) is 3.19. The van der Waals surface area contributed by atoms with Crippen LogP contribution in [-0.4, -0.2) is 25.6 Å². The number of imidazole rings is 1. The first-order valence-corrected chi connectivity index (χ1v) is 8.51. The maximum absolute atomic E-state index is 11.4. The number of rotatable bonds is 4. The van der Waals surface area contributed by atoms with Crippen LogP contribution in [0.1, 0.15) is 10.4 Å². The third kappa shape index (κ3) is 3.11. The van der Waals surface area contributed by atoms with E-state index < -0.39 is 5.97 Å². The summed E-state index contributed by atoms with van der Waals surface area (Å²) in [5.41, 5.74) is 4.80. The van der Waals surface area contributed by atoms with Crippen molar-refractivity contribution in [1.82, 2.24) is 14.5 Å². The number of aromatic carboxylic acids is 1. The molecule has 0 amide bonds. The summed E-state index contributed by atoms with van der Waals surface area (Å²) in [7, 11) is 1.94. The number of aromatic nitrogens is 3. The van der Waals surface area contributed by atoms with Gasteiger partial charge in [0.1, 0.15) is 5.82 Å². The number of hydrogen-bond donors (Lipinski definition) is 1. The largest absolute Gasteiger partial charge is 0.478 e. The van der Waals surface area contributed by atoms with E-state index in [9.17, 15) is 9.90 Å². The fourth-order valence-corrected chi connectivity index (χ4v) is 3.19. The number of nitrogens with zero attached hydrogens (tertiary/aromatic N) is 3. The number of benzene rings is 2. The van der Waals surface area contributed by atoms with Crippen LogP contribution in [-0.2, 0) is 7.05 Å². The fraction of sp³-hybridized carbons (Fsp3) is 0.0455. The normalized spacial score (nSPS) is 10.7. The molecule has 5 heteroatoms. The molecule has 0 fully saturated rings. The molecule has 0 spiro atoms. The van der Waals surface area contributed by atoms with E-state index >= 15 is 0 Å². The summed E-state index contributed by atoms with van der Waals surface area (Å²) in [6.45, 7) is 0. The van der Waals surface area contributed by atoms with Crippen molar-refractivity contribution in [3.05, 3.63) is 84.7 Å². The summed E-state index contributed by atoms with van der Waals surface area (Å²) in [4.78, 5) is 20.3. The molecule has 1 N–H and O–H groups in total. The van der Waals surface area contributed by atoms with E-state index in [0.29, 0.717) is 5.82 Å². The molecular weight excluding hydrogens is 338 g/mol. The number of hydrogen-bond acceptors (Lipinski definition) is 3. The van der Waals surface area contributed by atoms with Crippen molar-refractivity contribution in [2.45, 2.75) is 0 Å². The first-order valence-electron chi connectivity index (χ1n) is 8.51. The summed E-state index contributed by atoms with van der Waals surface area (Å²) in [5, 5.41) is 9.31. The van der Waals surface area contributed by atoms with Gasteiger partial charge in [0.05, 0.1) is 17.0 Å².